The van der Waals surface area contributed by atoms with E-state index in [-0.39, 0.29) is 11.7 Å². The quantitative estimate of drug-likeness (QED) is 0.647. The Hall–Kier alpha value is -2.61. The van der Waals surface area contributed by atoms with Gasteiger partial charge in [-0.15, -0.1) is 0 Å². The summed E-state index contributed by atoms with van der Waals surface area (Å²) in [7, 11) is -3.14. The molecule has 2 aromatic rings. The molecule has 0 amide bonds. The zero-order valence-electron chi connectivity index (χ0n) is 13.1. The van der Waals surface area contributed by atoms with Gasteiger partial charge in [-0.05, 0) is 36.2 Å². The SMILES string of the molecule is NC(=NCc1ccc(N2CCCS2(=O)=O)cc1)Nc1ccccn1. The Morgan fingerprint density at radius 3 is 2.67 bits per heavy atom. The van der Waals surface area contributed by atoms with Crippen molar-refractivity contribution in [3.63, 3.8) is 0 Å². The van der Waals surface area contributed by atoms with Crippen LogP contribution in [0.15, 0.2) is 53.7 Å². The van der Waals surface area contributed by atoms with Gasteiger partial charge in [0, 0.05) is 12.7 Å². The molecule has 2 heterocycles. The van der Waals surface area contributed by atoms with Crippen LogP contribution < -0.4 is 15.4 Å². The van der Waals surface area contributed by atoms with Gasteiger partial charge in [0.15, 0.2) is 5.96 Å². The fourth-order valence-corrected chi connectivity index (χ4v) is 4.05. The second-order valence-corrected chi connectivity index (χ2v) is 7.46. The molecule has 126 valence electrons. The zero-order chi connectivity index (χ0) is 17.0. The Labute approximate surface area is 141 Å². The number of nitrogens with two attached hydrogens (primary N) is 1. The van der Waals surface area contributed by atoms with Crippen molar-refractivity contribution in [1.82, 2.24) is 4.98 Å². The smallest absolute Gasteiger partial charge is 0.235 e. The molecule has 0 radical (unpaired) electrons. The number of anilines is 2. The van der Waals surface area contributed by atoms with E-state index >= 15 is 0 Å². The summed E-state index contributed by atoms with van der Waals surface area (Å²) in [6.07, 6.45) is 2.34. The van der Waals surface area contributed by atoms with Gasteiger partial charge < -0.3 is 11.1 Å². The van der Waals surface area contributed by atoms with E-state index in [1.54, 1.807) is 24.4 Å². The highest BCUT2D eigenvalue weighted by Gasteiger charge is 2.28. The van der Waals surface area contributed by atoms with Crippen LogP contribution in [0.2, 0.25) is 0 Å². The van der Waals surface area contributed by atoms with Crippen LogP contribution in [-0.2, 0) is 16.6 Å². The van der Waals surface area contributed by atoms with Crippen LogP contribution in [0.1, 0.15) is 12.0 Å². The molecule has 0 unspecified atom stereocenters. The topological polar surface area (TPSA) is 101 Å². The van der Waals surface area contributed by atoms with Crippen LogP contribution >= 0.6 is 0 Å². The first kappa shape index (κ1) is 16.3. The molecule has 1 fully saturated rings. The van der Waals surface area contributed by atoms with Gasteiger partial charge in [0.05, 0.1) is 18.0 Å². The van der Waals surface area contributed by atoms with Gasteiger partial charge in [-0.1, -0.05) is 18.2 Å². The van der Waals surface area contributed by atoms with Gasteiger partial charge in [-0.25, -0.2) is 18.4 Å². The molecular formula is C16H19N5O2S. The highest BCUT2D eigenvalue weighted by Crippen LogP contribution is 2.24. The fourth-order valence-electron chi connectivity index (χ4n) is 2.48. The number of pyridine rings is 1. The molecular weight excluding hydrogens is 326 g/mol. The number of guanidine groups is 1. The van der Waals surface area contributed by atoms with E-state index in [9.17, 15) is 8.42 Å². The number of rotatable bonds is 4. The summed E-state index contributed by atoms with van der Waals surface area (Å²) in [5.41, 5.74) is 7.47. The Morgan fingerprint density at radius 1 is 1.25 bits per heavy atom. The average Bonchev–Trinajstić information content (AvgIpc) is 2.94. The van der Waals surface area contributed by atoms with Gasteiger partial charge in [-0.2, -0.15) is 0 Å². The van der Waals surface area contributed by atoms with E-state index < -0.39 is 10.0 Å². The van der Waals surface area contributed by atoms with Crippen molar-refractivity contribution < 1.29 is 8.42 Å². The summed E-state index contributed by atoms with van der Waals surface area (Å²) in [6, 6.07) is 12.8. The van der Waals surface area contributed by atoms with Gasteiger partial charge in [0.2, 0.25) is 10.0 Å². The molecule has 1 saturated heterocycles. The first-order valence-corrected chi connectivity index (χ1v) is 9.23. The van der Waals surface area contributed by atoms with Gasteiger partial charge in [-0.3, -0.25) is 4.31 Å². The number of aliphatic imine (C=N–C) groups is 1. The van der Waals surface area contributed by atoms with Crippen LogP contribution in [0.3, 0.4) is 0 Å². The van der Waals surface area contributed by atoms with Crippen molar-refractivity contribution in [1.29, 1.82) is 0 Å². The van der Waals surface area contributed by atoms with Gasteiger partial charge >= 0.3 is 0 Å². The molecule has 3 N–H and O–H groups in total. The first-order valence-electron chi connectivity index (χ1n) is 7.62. The minimum atomic E-state index is -3.14. The fraction of sp³-hybridized carbons (Fsp3) is 0.250. The Balaban J connectivity index is 1.63. The Kier molecular flexibility index (Phi) is 4.66. The van der Waals surface area contributed by atoms with Crippen LogP contribution in [-0.4, -0.2) is 31.7 Å². The third-order valence-corrected chi connectivity index (χ3v) is 5.55. The molecule has 0 bridgehead atoms. The molecule has 1 aromatic carbocycles. The largest absolute Gasteiger partial charge is 0.370 e. The van der Waals surface area contributed by atoms with Crippen LogP contribution in [0, 0.1) is 0 Å². The number of sulfonamides is 1. The molecule has 0 spiro atoms. The molecule has 3 rings (SSSR count). The Morgan fingerprint density at radius 2 is 2.04 bits per heavy atom. The molecule has 1 aliphatic heterocycles. The van der Waals surface area contributed by atoms with Crippen molar-refractivity contribution in [3.05, 3.63) is 54.2 Å². The second kappa shape index (κ2) is 6.88. The number of hydrogen-bond acceptors (Lipinski definition) is 4. The number of hydrogen-bond donors (Lipinski definition) is 2. The van der Waals surface area contributed by atoms with Gasteiger partial charge in [0.25, 0.3) is 0 Å². The summed E-state index contributed by atoms with van der Waals surface area (Å²) >= 11 is 0. The van der Waals surface area contributed by atoms with E-state index in [1.807, 2.05) is 24.3 Å². The van der Waals surface area contributed by atoms with E-state index in [4.69, 9.17) is 5.73 Å². The first-order chi connectivity index (χ1) is 11.5. The van der Waals surface area contributed by atoms with Crippen molar-refractivity contribution in [2.24, 2.45) is 10.7 Å². The predicted octanol–water partition coefficient (Wildman–Crippen LogP) is 1.55. The number of aromatic nitrogens is 1. The molecule has 0 saturated carbocycles. The summed E-state index contributed by atoms with van der Waals surface area (Å²) in [6.45, 7) is 0.944. The standard InChI is InChI=1S/C16H19N5O2S/c17-16(20-15-4-1-2-9-18-15)19-12-13-5-7-14(8-6-13)21-10-3-11-24(21,22)23/h1-2,4-9H,3,10-12H2,(H3,17,18,19,20). The Bertz CT molecular complexity index is 819. The maximum absolute atomic E-state index is 11.9. The van der Waals surface area contributed by atoms with Crippen molar-refractivity contribution in [3.8, 4) is 0 Å². The average molecular weight is 345 g/mol. The number of nitrogens with one attached hydrogen (secondary N) is 1. The number of benzene rings is 1. The molecule has 24 heavy (non-hydrogen) atoms. The highest BCUT2D eigenvalue weighted by molar-refractivity contribution is 7.93. The highest BCUT2D eigenvalue weighted by atomic mass is 32.2. The van der Waals surface area contributed by atoms with Crippen molar-refractivity contribution in [2.75, 3.05) is 21.9 Å². The van der Waals surface area contributed by atoms with Crippen LogP contribution in [0.4, 0.5) is 11.5 Å². The maximum Gasteiger partial charge on any atom is 0.235 e. The monoisotopic (exact) mass is 345 g/mol. The summed E-state index contributed by atoms with van der Waals surface area (Å²) < 4.78 is 25.3. The lowest BCUT2D eigenvalue weighted by molar-refractivity contribution is 0.599. The zero-order valence-corrected chi connectivity index (χ0v) is 13.9. The molecule has 7 nitrogen and oxygen atoms in total. The lowest BCUT2D eigenvalue weighted by Gasteiger charge is -2.16. The molecule has 0 atom stereocenters. The van der Waals surface area contributed by atoms with Crippen molar-refractivity contribution >= 4 is 27.5 Å². The number of nitrogens with zero attached hydrogens (tertiary/aromatic N) is 3. The third kappa shape index (κ3) is 3.83. The van der Waals surface area contributed by atoms with Crippen LogP contribution in [0.25, 0.3) is 0 Å². The van der Waals surface area contributed by atoms with E-state index in [1.165, 1.54) is 4.31 Å². The van der Waals surface area contributed by atoms with Gasteiger partial charge in [0.1, 0.15) is 5.82 Å². The normalized spacial score (nSPS) is 17.0. The van der Waals surface area contributed by atoms with E-state index in [2.05, 4.69) is 15.3 Å². The predicted molar refractivity (Wildman–Crippen MR) is 95.4 cm³/mol. The summed E-state index contributed by atoms with van der Waals surface area (Å²) in [4.78, 5) is 8.37. The summed E-state index contributed by atoms with van der Waals surface area (Å²) in [5, 5.41) is 2.91. The third-order valence-electron chi connectivity index (χ3n) is 3.68. The molecule has 1 aromatic heterocycles. The molecule has 1 aliphatic rings. The minimum absolute atomic E-state index is 0.217. The lowest BCUT2D eigenvalue weighted by Crippen LogP contribution is -2.25. The van der Waals surface area contributed by atoms with Crippen LogP contribution in [0.5, 0.6) is 0 Å². The van der Waals surface area contributed by atoms with E-state index in [0.29, 0.717) is 31.0 Å². The maximum atomic E-state index is 11.9. The van der Waals surface area contributed by atoms with Crippen molar-refractivity contribution in [2.45, 2.75) is 13.0 Å². The second-order valence-electron chi connectivity index (χ2n) is 5.45. The molecule has 8 heteroatoms. The minimum Gasteiger partial charge on any atom is -0.370 e. The lowest BCUT2D eigenvalue weighted by atomic mass is 10.2. The summed E-state index contributed by atoms with van der Waals surface area (Å²) in [5.74, 6) is 1.13. The molecule has 0 aliphatic carbocycles. The van der Waals surface area contributed by atoms with E-state index in [0.717, 1.165) is 5.56 Å².